The molecule has 1 aliphatic carbocycles. The topological polar surface area (TPSA) is 54.3 Å². The Morgan fingerprint density at radius 3 is 2.65 bits per heavy atom. The molecule has 1 aromatic carbocycles. The van der Waals surface area contributed by atoms with Gasteiger partial charge in [-0.25, -0.2) is 0 Å². The van der Waals surface area contributed by atoms with Crippen molar-refractivity contribution in [2.24, 2.45) is 5.92 Å². The summed E-state index contributed by atoms with van der Waals surface area (Å²) in [5.41, 5.74) is 6.72. The van der Waals surface area contributed by atoms with Gasteiger partial charge < -0.3 is 9.80 Å². The van der Waals surface area contributed by atoms with E-state index in [1.54, 1.807) is 6.08 Å². The molecule has 1 fully saturated rings. The summed E-state index contributed by atoms with van der Waals surface area (Å²) in [6, 6.07) is 12.9. The molecule has 6 nitrogen and oxygen atoms in total. The summed E-state index contributed by atoms with van der Waals surface area (Å²) in [4.78, 5) is 21.7. The molecule has 1 atom stereocenters. The fraction of sp³-hybridized carbons (Fsp3) is 0.393. The maximum Gasteiger partial charge on any atom is 0.246 e. The standard InChI is InChI=1S/C28H33N5O/c1-4-20-7-5-8-23(17-20)28-27(22-12-14-29-15-13-22)25-18-32(26(34)9-6-16-31(2)3)24(21-10-11-21)19-33(25)30-28/h5-9,12-15,17,21,24H,4,10-11,16,18-19H2,1-3H3/b9-6+/t24-/m0/s1. The van der Waals surface area contributed by atoms with Crippen molar-refractivity contribution in [3.63, 3.8) is 0 Å². The fourth-order valence-corrected chi connectivity index (χ4v) is 4.91. The number of aromatic nitrogens is 3. The lowest BCUT2D eigenvalue weighted by Gasteiger charge is -2.36. The molecule has 176 valence electrons. The van der Waals surface area contributed by atoms with E-state index in [1.165, 1.54) is 18.4 Å². The van der Waals surface area contributed by atoms with E-state index in [2.05, 4.69) is 50.7 Å². The first kappa shape index (κ1) is 22.5. The molecule has 0 spiro atoms. The summed E-state index contributed by atoms with van der Waals surface area (Å²) in [5.74, 6) is 0.668. The van der Waals surface area contributed by atoms with Gasteiger partial charge in [0.2, 0.25) is 5.91 Å². The lowest BCUT2D eigenvalue weighted by molar-refractivity contribution is -0.130. The average molecular weight is 456 g/mol. The molecule has 3 heterocycles. The first-order valence-corrected chi connectivity index (χ1v) is 12.3. The number of hydrogen-bond donors (Lipinski definition) is 0. The number of rotatable bonds is 7. The molecule has 34 heavy (non-hydrogen) atoms. The fourth-order valence-electron chi connectivity index (χ4n) is 4.91. The van der Waals surface area contributed by atoms with E-state index < -0.39 is 0 Å². The summed E-state index contributed by atoms with van der Waals surface area (Å²) in [6.45, 7) is 4.25. The minimum Gasteiger partial charge on any atom is -0.328 e. The van der Waals surface area contributed by atoms with Crippen LogP contribution in [0.2, 0.25) is 0 Å². The number of hydrogen-bond acceptors (Lipinski definition) is 4. The highest BCUT2D eigenvalue weighted by Gasteiger charge is 2.41. The van der Waals surface area contributed by atoms with Crippen molar-refractivity contribution in [1.29, 1.82) is 0 Å². The van der Waals surface area contributed by atoms with Crippen LogP contribution in [0.5, 0.6) is 0 Å². The first-order chi connectivity index (χ1) is 16.5. The molecule has 1 saturated carbocycles. The molecule has 0 unspecified atom stereocenters. The van der Waals surface area contributed by atoms with Gasteiger partial charge in [-0.15, -0.1) is 0 Å². The van der Waals surface area contributed by atoms with Gasteiger partial charge in [-0.05, 0) is 68.6 Å². The van der Waals surface area contributed by atoms with Gasteiger partial charge in [0, 0.05) is 36.1 Å². The van der Waals surface area contributed by atoms with E-state index in [1.807, 2.05) is 44.7 Å². The number of amides is 1. The molecule has 1 aliphatic heterocycles. The molecule has 0 radical (unpaired) electrons. The van der Waals surface area contributed by atoms with E-state index in [0.29, 0.717) is 12.5 Å². The summed E-state index contributed by atoms with van der Waals surface area (Å²) in [5, 5.41) is 5.15. The van der Waals surface area contributed by atoms with Crippen LogP contribution in [0.3, 0.4) is 0 Å². The Balaban J connectivity index is 1.58. The zero-order chi connectivity index (χ0) is 23.7. The number of fused-ring (bicyclic) bond motifs is 1. The molecule has 6 heteroatoms. The average Bonchev–Trinajstić information content (AvgIpc) is 3.63. The van der Waals surface area contributed by atoms with Crippen LogP contribution in [0, 0.1) is 5.92 Å². The Bertz CT molecular complexity index is 1190. The lowest BCUT2D eigenvalue weighted by atomic mass is 9.96. The Kier molecular flexibility index (Phi) is 6.33. The maximum absolute atomic E-state index is 13.3. The number of benzene rings is 1. The van der Waals surface area contributed by atoms with Crippen LogP contribution in [0.4, 0.5) is 0 Å². The van der Waals surface area contributed by atoms with Gasteiger partial charge in [0.05, 0.1) is 24.8 Å². The minimum atomic E-state index is 0.0985. The second kappa shape index (κ2) is 9.55. The van der Waals surface area contributed by atoms with Crippen LogP contribution < -0.4 is 0 Å². The molecule has 5 rings (SSSR count). The predicted octanol–water partition coefficient (Wildman–Crippen LogP) is 4.41. The van der Waals surface area contributed by atoms with Crippen molar-refractivity contribution < 1.29 is 4.79 Å². The highest BCUT2D eigenvalue weighted by molar-refractivity contribution is 5.89. The molecule has 2 aliphatic rings. The monoisotopic (exact) mass is 455 g/mol. The molecule has 1 amide bonds. The Morgan fingerprint density at radius 1 is 1.15 bits per heavy atom. The highest BCUT2D eigenvalue weighted by Crippen LogP contribution is 2.42. The number of carbonyl (C=O) groups is 1. The molecule has 0 saturated heterocycles. The number of nitrogens with zero attached hydrogens (tertiary/aromatic N) is 5. The lowest BCUT2D eigenvalue weighted by Crippen LogP contribution is -2.47. The van der Waals surface area contributed by atoms with E-state index in [-0.39, 0.29) is 11.9 Å². The van der Waals surface area contributed by atoms with Gasteiger partial charge in [-0.1, -0.05) is 31.2 Å². The number of pyridine rings is 1. The summed E-state index contributed by atoms with van der Waals surface area (Å²) < 4.78 is 2.17. The van der Waals surface area contributed by atoms with Crippen LogP contribution >= 0.6 is 0 Å². The van der Waals surface area contributed by atoms with Crippen LogP contribution in [-0.4, -0.2) is 57.2 Å². The quantitative estimate of drug-likeness (QED) is 0.495. The summed E-state index contributed by atoms with van der Waals surface area (Å²) >= 11 is 0. The third-order valence-electron chi connectivity index (χ3n) is 6.90. The van der Waals surface area contributed by atoms with Gasteiger partial charge >= 0.3 is 0 Å². The zero-order valence-electron chi connectivity index (χ0n) is 20.3. The van der Waals surface area contributed by atoms with Gasteiger partial charge in [0.25, 0.3) is 0 Å². The van der Waals surface area contributed by atoms with E-state index in [4.69, 9.17) is 5.10 Å². The van der Waals surface area contributed by atoms with Gasteiger partial charge in [-0.3, -0.25) is 14.5 Å². The summed E-state index contributed by atoms with van der Waals surface area (Å²) in [7, 11) is 4.02. The molecule has 0 bridgehead atoms. The number of aryl methyl sites for hydroxylation is 1. The Morgan fingerprint density at radius 2 is 1.94 bits per heavy atom. The third kappa shape index (κ3) is 4.55. The Labute approximate surface area is 201 Å². The largest absolute Gasteiger partial charge is 0.328 e. The van der Waals surface area contributed by atoms with Gasteiger partial charge in [-0.2, -0.15) is 5.10 Å². The second-order valence-corrected chi connectivity index (χ2v) is 9.68. The maximum atomic E-state index is 13.3. The second-order valence-electron chi connectivity index (χ2n) is 9.68. The van der Waals surface area contributed by atoms with Crippen molar-refractivity contribution in [2.45, 2.75) is 45.3 Å². The Hall–Kier alpha value is -3.25. The highest BCUT2D eigenvalue weighted by atomic mass is 16.2. The van der Waals surface area contributed by atoms with Gasteiger partial charge in [0.15, 0.2) is 0 Å². The van der Waals surface area contributed by atoms with Crippen LogP contribution in [0.1, 0.15) is 31.0 Å². The number of carbonyl (C=O) groups excluding carboxylic acids is 1. The van der Waals surface area contributed by atoms with Crippen molar-refractivity contribution in [2.75, 3.05) is 20.6 Å². The predicted molar refractivity (Wildman–Crippen MR) is 135 cm³/mol. The van der Waals surface area contributed by atoms with Crippen molar-refractivity contribution in [3.05, 3.63) is 72.2 Å². The zero-order valence-corrected chi connectivity index (χ0v) is 20.3. The van der Waals surface area contributed by atoms with Gasteiger partial charge in [0.1, 0.15) is 5.69 Å². The smallest absolute Gasteiger partial charge is 0.246 e. The van der Waals surface area contributed by atoms with Crippen molar-refractivity contribution >= 4 is 5.91 Å². The van der Waals surface area contributed by atoms with E-state index in [0.717, 1.165) is 47.6 Å². The first-order valence-electron chi connectivity index (χ1n) is 12.3. The molecule has 3 aromatic rings. The van der Waals surface area contributed by atoms with E-state index in [9.17, 15) is 4.79 Å². The summed E-state index contributed by atoms with van der Waals surface area (Å²) in [6.07, 6.45) is 10.7. The van der Waals surface area contributed by atoms with Crippen LogP contribution in [-0.2, 0) is 24.3 Å². The normalized spacial score (nSPS) is 18.0. The third-order valence-corrected chi connectivity index (χ3v) is 6.90. The van der Waals surface area contributed by atoms with E-state index >= 15 is 0 Å². The molecule has 0 N–H and O–H groups in total. The van der Waals surface area contributed by atoms with Crippen LogP contribution in [0.15, 0.2) is 60.9 Å². The molecular weight excluding hydrogens is 422 g/mol. The number of likely N-dealkylation sites (N-methyl/N-ethyl adjacent to an activating group) is 1. The SMILES string of the molecule is CCc1cccc(-c2nn3c(c2-c2ccncc2)CN(C(=O)/C=C/CN(C)C)[C@H](C2CC2)C3)c1. The van der Waals surface area contributed by atoms with Crippen LogP contribution in [0.25, 0.3) is 22.4 Å². The van der Waals surface area contributed by atoms with Crippen molar-refractivity contribution in [1.82, 2.24) is 24.6 Å². The minimum absolute atomic E-state index is 0.0985. The van der Waals surface area contributed by atoms with Crippen molar-refractivity contribution in [3.8, 4) is 22.4 Å². The molecular formula is C28H33N5O. The molecule has 2 aromatic heterocycles.